The fourth-order valence-electron chi connectivity index (χ4n) is 5.16. The molecule has 158 valence electrons. The molecule has 0 radical (unpaired) electrons. The Morgan fingerprint density at radius 2 is 1.87 bits per heavy atom. The molecule has 1 saturated heterocycles. The zero-order valence-corrected chi connectivity index (χ0v) is 19.2. The van der Waals surface area contributed by atoms with Gasteiger partial charge in [0.1, 0.15) is 12.4 Å². The number of H-pyrrole nitrogens is 1. The summed E-state index contributed by atoms with van der Waals surface area (Å²) in [6.07, 6.45) is 6.16. The number of rotatable bonds is 3. The fourth-order valence-corrected chi connectivity index (χ4v) is 6.29. The Hall–Kier alpha value is -2.31. The topological polar surface area (TPSA) is 53.2 Å². The van der Waals surface area contributed by atoms with E-state index in [0.29, 0.717) is 12.6 Å². The number of thiazole rings is 1. The molecule has 0 bridgehead atoms. The van der Waals surface area contributed by atoms with Crippen molar-refractivity contribution < 1.29 is 4.74 Å². The monoisotopic (exact) mass is 422 g/mol. The Balaban J connectivity index is 1.45. The van der Waals surface area contributed by atoms with Gasteiger partial charge in [-0.05, 0) is 69.9 Å². The van der Waals surface area contributed by atoms with E-state index < -0.39 is 0 Å². The molecule has 2 N–H and O–H groups in total. The van der Waals surface area contributed by atoms with Gasteiger partial charge in [0.25, 0.3) is 0 Å². The molecule has 1 fully saturated rings. The first-order chi connectivity index (χ1) is 14.2. The molecule has 0 amide bonds. The number of hydrogen-bond donors (Lipinski definition) is 2. The van der Waals surface area contributed by atoms with Crippen LogP contribution in [0.3, 0.4) is 0 Å². The van der Waals surface area contributed by atoms with Gasteiger partial charge in [-0.3, -0.25) is 0 Å². The lowest BCUT2D eigenvalue weighted by Gasteiger charge is -2.48. The van der Waals surface area contributed by atoms with Crippen LogP contribution in [0, 0.1) is 0 Å². The molecular formula is C24H30N4OS. The van der Waals surface area contributed by atoms with E-state index in [1.54, 1.807) is 11.3 Å². The van der Waals surface area contributed by atoms with Crippen molar-refractivity contribution >= 4 is 16.5 Å². The molecule has 1 aromatic carbocycles. The van der Waals surface area contributed by atoms with Gasteiger partial charge in [-0.2, -0.15) is 0 Å². The summed E-state index contributed by atoms with van der Waals surface area (Å²) in [5.41, 5.74) is 4.77. The van der Waals surface area contributed by atoms with Gasteiger partial charge in [-0.15, -0.1) is 0 Å². The largest absolute Gasteiger partial charge is 0.487 e. The molecular weight excluding hydrogens is 392 g/mol. The third-order valence-electron chi connectivity index (χ3n) is 6.23. The minimum atomic E-state index is 0.113. The number of hydrogen-bond acceptors (Lipinski definition) is 5. The molecule has 2 aromatic heterocycles. The average Bonchev–Trinajstić information content (AvgIpc) is 3.34. The van der Waals surface area contributed by atoms with Crippen LogP contribution in [0.4, 0.5) is 5.13 Å². The summed E-state index contributed by atoms with van der Waals surface area (Å²) >= 11 is 1.79. The van der Waals surface area contributed by atoms with E-state index in [2.05, 4.69) is 74.2 Å². The Bertz CT molecular complexity index is 1050. The SMILES string of the molecule is CN(c1nc2c(s1)-c1ccc(-c3cc[nH]c3)cc1OC2)C1CC(C)(C)NC(C)(C)C1. The number of aromatic nitrogens is 2. The van der Waals surface area contributed by atoms with Gasteiger partial charge in [0.05, 0.1) is 10.6 Å². The number of ether oxygens (including phenoxy) is 1. The normalized spacial score (nSPS) is 19.6. The van der Waals surface area contributed by atoms with E-state index in [1.165, 1.54) is 16.0 Å². The lowest BCUT2D eigenvalue weighted by atomic mass is 9.79. The van der Waals surface area contributed by atoms with E-state index in [9.17, 15) is 0 Å². The van der Waals surface area contributed by atoms with Crippen molar-refractivity contribution in [1.29, 1.82) is 0 Å². The first-order valence-electron chi connectivity index (χ1n) is 10.6. The van der Waals surface area contributed by atoms with Crippen LogP contribution in [0.2, 0.25) is 0 Å². The van der Waals surface area contributed by atoms with Crippen LogP contribution in [0.25, 0.3) is 21.6 Å². The Labute approximate surface area is 182 Å². The van der Waals surface area contributed by atoms with Gasteiger partial charge in [-0.25, -0.2) is 4.98 Å². The van der Waals surface area contributed by atoms with Crippen LogP contribution in [-0.2, 0) is 6.61 Å². The number of nitrogens with zero attached hydrogens (tertiary/aromatic N) is 2. The smallest absolute Gasteiger partial charge is 0.186 e. The number of fused-ring (bicyclic) bond motifs is 3. The molecule has 0 spiro atoms. The second-order valence-electron chi connectivity index (χ2n) is 9.94. The van der Waals surface area contributed by atoms with E-state index in [4.69, 9.17) is 9.72 Å². The minimum absolute atomic E-state index is 0.113. The van der Waals surface area contributed by atoms with E-state index in [-0.39, 0.29) is 11.1 Å². The number of aromatic amines is 1. The summed E-state index contributed by atoms with van der Waals surface area (Å²) in [5, 5.41) is 4.87. The van der Waals surface area contributed by atoms with Crippen LogP contribution in [-0.4, -0.2) is 34.1 Å². The highest BCUT2D eigenvalue weighted by atomic mass is 32.1. The average molecular weight is 423 g/mol. The highest BCUT2D eigenvalue weighted by Crippen LogP contribution is 2.45. The Morgan fingerprint density at radius 1 is 1.10 bits per heavy atom. The molecule has 0 unspecified atom stereocenters. The summed E-state index contributed by atoms with van der Waals surface area (Å²) < 4.78 is 6.10. The van der Waals surface area contributed by atoms with E-state index in [0.717, 1.165) is 35.0 Å². The summed E-state index contributed by atoms with van der Waals surface area (Å²) in [6.45, 7) is 9.73. The van der Waals surface area contributed by atoms with Crippen molar-refractivity contribution in [3.8, 4) is 27.3 Å². The number of nitrogens with one attached hydrogen (secondary N) is 2. The maximum atomic E-state index is 6.10. The molecule has 5 rings (SSSR count). The van der Waals surface area contributed by atoms with Gasteiger partial charge >= 0.3 is 0 Å². The second kappa shape index (κ2) is 6.86. The number of piperidine rings is 1. The summed E-state index contributed by atoms with van der Waals surface area (Å²) in [4.78, 5) is 11.7. The Morgan fingerprint density at radius 3 is 2.57 bits per heavy atom. The highest BCUT2D eigenvalue weighted by Gasteiger charge is 2.40. The van der Waals surface area contributed by atoms with Gasteiger partial charge < -0.3 is 19.9 Å². The van der Waals surface area contributed by atoms with Gasteiger partial charge in [-0.1, -0.05) is 17.4 Å². The van der Waals surface area contributed by atoms with E-state index >= 15 is 0 Å². The van der Waals surface area contributed by atoms with Crippen molar-refractivity contribution in [3.63, 3.8) is 0 Å². The molecule has 0 atom stereocenters. The van der Waals surface area contributed by atoms with Gasteiger partial charge in [0.2, 0.25) is 0 Å². The number of anilines is 1. The standard InChI is InChI=1S/C24H30N4OS/c1-23(2)11-17(12-24(3,4)27-23)28(5)22-26-19-14-29-20-10-15(16-8-9-25-13-16)6-7-18(20)21(19)30-22/h6-10,13,17,25,27H,11-12,14H2,1-5H3. The van der Waals surface area contributed by atoms with Crippen LogP contribution in [0.15, 0.2) is 36.7 Å². The van der Waals surface area contributed by atoms with Gasteiger partial charge in [0.15, 0.2) is 5.13 Å². The molecule has 2 aliphatic heterocycles. The molecule has 30 heavy (non-hydrogen) atoms. The molecule has 2 aliphatic rings. The molecule has 5 nitrogen and oxygen atoms in total. The van der Waals surface area contributed by atoms with E-state index in [1.807, 2.05) is 12.4 Å². The van der Waals surface area contributed by atoms with Crippen molar-refractivity contribution in [3.05, 3.63) is 42.4 Å². The number of benzene rings is 1. The quantitative estimate of drug-likeness (QED) is 0.590. The fraction of sp³-hybridized carbons (Fsp3) is 0.458. The van der Waals surface area contributed by atoms with Gasteiger partial charge in [0, 0.05) is 42.1 Å². The first kappa shape index (κ1) is 19.6. The molecule has 3 aromatic rings. The minimum Gasteiger partial charge on any atom is -0.487 e. The van der Waals surface area contributed by atoms with Crippen LogP contribution in [0.1, 0.15) is 46.2 Å². The van der Waals surface area contributed by atoms with Crippen molar-refractivity contribution in [2.45, 2.75) is 64.3 Å². The highest BCUT2D eigenvalue weighted by molar-refractivity contribution is 7.19. The molecule has 4 heterocycles. The lowest BCUT2D eigenvalue weighted by Crippen LogP contribution is -2.61. The molecule has 0 saturated carbocycles. The zero-order chi connectivity index (χ0) is 21.1. The zero-order valence-electron chi connectivity index (χ0n) is 18.4. The van der Waals surface area contributed by atoms with Crippen molar-refractivity contribution in [1.82, 2.24) is 15.3 Å². The van der Waals surface area contributed by atoms with Crippen LogP contribution < -0.4 is 15.0 Å². The maximum Gasteiger partial charge on any atom is 0.186 e. The lowest BCUT2D eigenvalue weighted by molar-refractivity contribution is 0.161. The Kier molecular flexibility index (Phi) is 4.49. The molecule has 0 aliphatic carbocycles. The van der Waals surface area contributed by atoms with Crippen molar-refractivity contribution in [2.24, 2.45) is 0 Å². The van der Waals surface area contributed by atoms with Crippen molar-refractivity contribution in [2.75, 3.05) is 11.9 Å². The van der Waals surface area contributed by atoms with Crippen LogP contribution in [0.5, 0.6) is 5.75 Å². The summed E-state index contributed by atoms with van der Waals surface area (Å²) in [7, 11) is 2.20. The predicted molar refractivity (Wildman–Crippen MR) is 124 cm³/mol. The second-order valence-corrected chi connectivity index (χ2v) is 10.9. The third-order valence-corrected chi connectivity index (χ3v) is 7.45. The maximum absolute atomic E-state index is 6.10. The summed E-state index contributed by atoms with van der Waals surface area (Å²) in [6, 6.07) is 9.02. The third kappa shape index (κ3) is 3.52. The van der Waals surface area contributed by atoms with Crippen LogP contribution >= 0.6 is 11.3 Å². The first-order valence-corrected chi connectivity index (χ1v) is 11.4. The summed E-state index contributed by atoms with van der Waals surface area (Å²) in [5.74, 6) is 0.947. The predicted octanol–water partition coefficient (Wildman–Crippen LogP) is 5.44. The molecule has 6 heteroatoms.